The highest BCUT2D eigenvalue weighted by Gasteiger charge is 2.11. The third kappa shape index (κ3) is 3.21. The Hall–Kier alpha value is -2.53. The van der Waals surface area contributed by atoms with E-state index in [1.54, 1.807) is 18.2 Å². The first kappa shape index (κ1) is 16.3. The number of aromatic amines is 1. The van der Waals surface area contributed by atoms with Gasteiger partial charge >= 0.3 is 0 Å². The molecule has 0 aliphatic carbocycles. The first-order chi connectivity index (χ1) is 11.6. The summed E-state index contributed by atoms with van der Waals surface area (Å²) in [6.45, 7) is 2.30. The molecular weight excluding hydrogens is 417 g/mol. The van der Waals surface area contributed by atoms with Crippen molar-refractivity contribution in [3.05, 3.63) is 51.4 Å². The third-order valence-electron chi connectivity index (χ3n) is 3.43. The van der Waals surface area contributed by atoms with Gasteiger partial charge in [-0.05, 0) is 65.4 Å². The van der Waals surface area contributed by atoms with Crippen LogP contribution in [0.15, 0.2) is 36.4 Å². The number of nitrogens with zero attached hydrogens (tertiary/aromatic N) is 2. The van der Waals surface area contributed by atoms with E-state index < -0.39 is 0 Å². The molecule has 0 fully saturated rings. The van der Waals surface area contributed by atoms with Gasteiger partial charge in [0.2, 0.25) is 0 Å². The Labute approximate surface area is 152 Å². The van der Waals surface area contributed by atoms with E-state index in [9.17, 15) is 10.4 Å². The van der Waals surface area contributed by atoms with E-state index in [-0.39, 0.29) is 5.75 Å². The van der Waals surface area contributed by atoms with Gasteiger partial charge in [-0.25, -0.2) is 4.98 Å². The standard InChI is InChI=1S/C18H14IN3O2/c1-2-24-16-9-11(8-13(19)17(16)23)7-12(10-20)18-21-14-5-3-4-6-15(14)22-18/h3-9,23H,2H2,1H3,(H,21,22)/b12-7+. The number of hydrogen-bond acceptors (Lipinski definition) is 4. The summed E-state index contributed by atoms with van der Waals surface area (Å²) in [6, 6.07) is 13.3. The van der Waals surface area contributed by atoms with Gasteiger partial charge in [0.1, 0.15) is 11.9 Å². The maximum absolute atomic E-state index is 10.0. The second kappa shape index (κ2) is 6.93. The average molecular weight is 431 g/mol. The number of aromatic nitrogens is 2. The minimum Gasteiger partial charge on any atom is -0.504 e. The summed E-state index contributed by atoms with van der Waals surface area (Å²) in [5, 5.41) is 19.5. The van der Waals surface area contributed by atoms with Gasteiger partial charge in [-0.2, -0.15) is 5.26 Å². The van der Waals surface area contributed by atoms with Crippen LogP contribution in [0.1, 0.15) is 18.3 Å². The molecule has 2 aromatic carbocycles. The molecule has 2 N–H and O–H groups in total. The predicted octanol–water partition coefficient (Wildman–Crippen LogP) is 4.34. The number of benzene rings is 2. The Balaban J connectivity index is 2.06. The zero-order valence-electron chi connectivity index (χ0n) is 12.9. The van der Waals surface area contributed by atoms with Crippen LogP contribution < -0.4 is 4.74 Å². The van der Waals surface area contributed by atoms with Crippen LogP contribution in [0.4, 0.5) is 0 Å². The van der Waals surface area contributed by atoms with Crippen LogP contribution in [0.25, 0.3) is 22.7 Å². The summed E-state index contributed by atoms with van der Waals surface area (Å²) in [4.78, 5) is 7.60. The number of nitriles is 1. The zero-order valence-corrected chi connectivity index (χ0v) is 15.0. The number of H-pyrrole nitrogens is 1. The quantitative estimate of drug-likeness (QED) is 0.476. The van der Waals surface area contributed by atoms with Crippen LogP contribution in [0, 0.1) is 14.9 Å². The second-order valence-electron chi connectivity index (χ2n) is 5.05. The molecule has 6 heteroatoms. The van der Waals surface area contributed by atoms with Gasteiger partial charge in [-0.15, -0.1) is 0 Å². The predicted molar refractivity (Wildman–Crippen MR) is 102 cm³/mol. The molecule has 0 aliphatic heterocycles. The average Bonchev–Trinajstić information content (AvgIpc) is 3.01. The lowest BCUT2D eigenvalue weighted by atomic mass is 10.1. The molecule has 3 rings (SSSR count). The number of fused-ring (bicyclic) bond motifs is 1. The van der Waals surface area contributed by atoms with Gasteiger partial charge in [0, 0.05) is 0 Å². The van der Waals surface area contributed by atoms with Crippen molar-refractivity contribution in [3.8, 4) is 17.6 Å². The fourth-order valence-corrected chi connectivity index (χ4v) is 2.97. The highest BCUT2D eigenvalue weighted by molar-refractivity contribution is 14.1. The van der Waals surface area contributed by atoms with Crippen molar-refractivity contribution in [2.24, 2.45) is 0 Å². The molecule has 0 radical (unpaired) electrons. The number of halogens is 1. The summed E-state index contributed by atoms with van der Waals surface area (Å²) < 4.78 is 6.10. The molecule has 0 aliphatic rings. The van der Waals surface area contributed by atoms with Gasteiger partial charge in [0.15, 0.2) is 11.5 Å². The molecule has 0 spiro atoms. The van der Waals surface area contributed by atoms with Crippen molar-refractivity contribution in [1.82, 2.24) is 9.97 Å². The Bertz CT molecular complexity index is 937. The van der Waals surface area contributed by atoms with E-state index in [4.69, 9.17) is 4.74 Å². The highest BCUT2D eigenvalue weighted by Crippen LogP contribution is 2.34. The molecule has 1 heterocycles. The normalized spacial score (nSPS) is 11.5. The van der Waals surface area contributed by atoms with Crippen molar-refractivity contribution in [2.75, 3.05) is 6.61 Å². The number of nitrogens with one attached hydrogen (secondary N) is 1. The number of para-hydroxylation sites is 2. The number of phenols is 1. The topological polar surface area (TPSA) is 81.9 Å². The first-order valence-electron chi connectivity index (χ1n) is 7.34. The SMILES string of the molecule is CCOc1cc(/C=C(\C#N)c2nc3ccccc3[nH]2)cc(I)c1O. The Kier molecular flexibility index (Phi) is 4.71. The lowest BCUT2D eigenvalue weighted by molar-refractivity contribution is 0.317. The van der Waals surface area contributed by atoms with E-state index in [0.29, 0.717) is 27.3 Å². The maximum atomic E-state index is 10.0. The van der Waals surface area contributed by atoms with Crippen LogP contribution in [-0.2, 0) is 0 Å². The highest BCUT2D eigenvalue weighted by atomic mass is 127. The molecule has 0 amide bonds. The molecule has 0 bridgehead atoms. The van der Waals surface area contributed by atoms with Crippen LogP contribution in [0.3, 0.4) is 0 Å². The molecule has 0 atom stereocenters. The van der Waals surface area contributed by atoms with Crippen LogP contribution >= 0.6 is 22.6 Å². The van der Waals surface area contributed by atoms with E-state index in [2.05, 4.69) is 16.0 Å². The van der Waals surface area contributed by atoms with Crippen molar-refractivity contribution < 1.29 is 9.84 Å². The maximum Gasteiger partial charge on any atom is 0.171 e. The molecule has 3 aromatic rings. The monoisotopic (exact) mass is 431 g/mol. The number of hydrogen-bond donors (Lipinski definition) is 2. The largest absolute Gasteiger partial charge is 0.504 e. The molecule has 5 nitrogen and oxygen atoms in total. The van der Waals surface area contributed by atoms with Gasteiger partial charge in [-0.1, -0.05) is 12.1 Å². The number of allylic oxidation sites excluding steroid dienone is 1. The number of ether oxygens (including phenoxy) is 1. The van der Waals surface area contributed by atoms with Crippen molar-refractivity contribution in [3.63, 3.8) is 0 Å². The second-order valence-corrected chi connectivity index (χ2v) is 6.22. The molecular formula is C18H14IN3O2. The first-order valence-corrected chi connectivity index (χ1v) is 8.42. The molecule has 0 unspecified atom stereocenters. The van der Waals surface area contributed by atoms with Crippen molar-refractivity contribution in [1.29, 1.82) is 5.26 Å². The minimum atomic E-state index is 0.108. The van der Waals surface area contributed by atoms with Gasteiger partial charge in [0.25, 0.3) is 0 Å². The molecule has 1 aromatic heterocycles. The van der Waals surface area contributed by atoms with Crippen LogP contribution in [-0.4, -0.2) is 21.7 Å². The number of aromatic hydroxyl groups is 1. The lowest BCUT2D eigenvalue weighted by Gasteiger charge is -2.08. The molecule has 0 saturated heterocycles. The van der Waals surface area contributed by atoms with Crippen LogP contribution in [0.5, 0.6) is 11.5 Å². The summed E-state index contributed by atoms with van der Waals surface area (Å²) in [5.41, 5.74) is 2.86. The van der Waals surface area contributed by atoms with Gasteiger partial charge in [0.05, 0.1) is 26.8 Å². The number of imidazole rings is 1. The van der Waals surface area contributed by atoms with E-state index in [0.717, 1.165) is 16.6 Å². The Morgan fingerprint density at radius 2 is 2.21 bits per heavy atom. The summed E-state index contributed by atoms with van der Waals surface area (Å²) in [7, 11) is 0. The smallest absolute Gasteiger partial charge is 0.171 e. The van der Waals surface area contributed by atoms with E-state index >= 15 is 0 Å². The Morgan fingerprint density at radius 3 is 2.92 bits per heavy atom. The van der Waals surface area contributed by atoms with Crippen molar-refractivity contribution >= 4 is 45.3 Å². The lowest BCUT2D eigenvalue weighted by Crippen LogP contribution is -1.94. The summed E-state index contributed by atoms with van der Waals surface area (Å²) in [5.74, 6) is 1.02. The van der Waals surface area contributed by atoms with Crippen LogP contribution in [0.2, 0.25) is 0 Å². The third-order valence-corrected chi connectivity index (χ3v) is 4.25. The summed E-state index contributed by atoms with van der Waals surface area (Å²) in [6.07, 6.45) is 1.72. The van der Waals surface area contributed by atoms with Gasteiger partial charge < -0.3 is 14.8 Å². The number of rotatable bonds is 4. The zero-order chi connectivity index (χ0) is 17.1. The van der Waals surface area contributed by atoms with E-state index in [1.807, 2.05) is 53.8 Å². The van der Waals surface area contributed by atoms with E-state index in [1.165, 1.54) is 0 Å². The fourth-order valence-electron chi connectivity index (χ4n) is 2.34. The molecule has 0 saturated carbocycles. The molecule has 120 valence electrons. The fraction of sp³-hybridized carbons (Fsp3) is 0.111. The summed E-state index contributed by atoms with van der Waals surface area (Å²) >= 11 is 2.03. The molecule has 24 heavy (non-hydrogen) atoms. The minimum absolute atomic E-state index is 0.108. The Morgan fingerprint density at radius 1 is 1.42 bits per heavy atom. The number of phenolic OH excluding ortho intramolecular Hbond substituents is 1. The van der Waals surface area contributed by atoms with Crippen molar-refractivity contribution in [2.45, 2.75) is 6.92 Å². The van der Waals surface area contributed by atoms with Gasteiger partial charge in [-0.3, -0.25) is 0 Å².